The summed E-state index contributed by atoms with van der Waals surface area (Å²) in [6.45, 7) is 12.2. The Kier molecular flexibility index (Phi) is 3.66. The van der Waals surface area contributed by atoms with Crippen molar-refractivity contribution in [3.63, 3.8) is 0 Å². The number of H-pyrrole nitrogens is 1. The number of hydrogen-bond acceptors (Lipinski definition) is 2. The number of benzene rings is 2. The zero-order valence-electron chi connectivity index (χ0n) is 17.5. The summed E-state index contributed by atoms with van der Waals surface area (Å²) in [6.07, 6.45) is 2.11. The number of carbonyl (C=O) groups is 1. The molecule has 0 unspecified atom stereocenters. The number of allylic oxidation sites excluding steroid dienone is 1. The third-order valence-corrected chi connectivity index (χ3v) is 5.96. The number of aryl methyl sites for hydroxylation is 1. The minimum atomic E-state index is -0.490. The Morgan fingerprint density at radius 3 is 2.37 bits per heavy atom. The topological polar surface area (TPSA) is 58.1 Å². The van der Waals surface area contributed by atoms with E-state index in [0.29, 0.717) is 21.8 Å². The Morgan fingerprint density at radius 2 is 1.67 bits per heavy atom. The molecule has 1 aromatic heterocycles. The van der Waals surface area contributed by atoms with Crippen LogP contribution in [0.1, 0.15) is 37.5 Å². The van der Waals surface area contributed by atoms with Crippen LogP contribution in [-0.4, -0.2) is 21.2 Å². The number of hydrogen-bond donors (Lipinski definition) is 1. The molecule has 0 atom stereocenters. The molecule has 1 N–H and O–H groups in total. The van der Waals surface area contributed by atoms with Crippen molar-refractivity contribution in [1.82, 2.24) is 9.78 Å². The van der Waals surface area contributed by atoms with E-state index in [-0.39, 0.29) is 11.5 Å². The molecule has 0 saturated heterocycles. The summed E-state index contributed by atoms with van der Waals surface area (Å²) in [6, 6.07) is 13.4. The number of anilines is 1. The molecule has 5 nitrogen and oxygen atoms in total. The zero-order valence-corrected chi connectivity index (χ0v) is 17.5. The standard InChI is InChI=1S/C25H23N3O2/c1-14-11-18-15(2)13-25(4,5)27-22(18)19(12-14)21(23(27)29)20-16(3)26-28(24(20)30)17-9-7-6-8-10-17/h6-13,26H,3H2,1-2,4-5H3. The van der Waals surface area contributed by atoms with E-state index in [2.05, 4.69) is 30.7 Å². The number of nitrogens with one attached hydrogen (secondary N) is 1. The van der Waals surface area contributed by atoms with Crippen molar-refractivity contribution in [2.75, 3.05) is 4.90 Å². The zero-order chi connectivity index (χ0) is 21.4. The van der Waals surface area contributed by atoms with E-state index in [1.807, 2.05) is 62.1 Å². The molecule has 0 bridgehead atoms. The Morgan fingerprint density at radius 1 is 1.00 bits per heavy atom. The Hall–Kier alpha value is -3.60. The molecule has 150 valence electrons. The number of aromatic amines is 1. The smallest absolute Gasteiger partial charge is 0.279 e. The SMILES string of the molecule is C=c1[nH]n(-c2ccccc2)c(=O)c1=C1C(=O)N2c3c(cc(C)cc31)C(C)=CC2(C)C. The first-order valence-electron chi connectivity index (χ1n) is 10.00. The molecule has 3 heterocycles. The van der Waals surface area contributed by atoms with Crippen LogP contribution in [0, 0.1) is 6.92 Å². The van der Waals surface area contributed by atoms with Crippen molar-refractivity contribution in [2.24, 2.45) is 0 Å². The third kappa shape index (κ3) is 2.35. The van der Waals surface area contributed by atoms with Gasteiger partial charge in [0.2, 0.25) is 0 Å². The number of para-hydroxylation sites is 1. The minimum Gasteiger partial charge on any atom is -0.298 e. The average molecular weight is 397 g/mol. The predicted octanol–water partition coefficient (Wildman–Crippen LogP) is 2.63. The van der Waals surface area contributed by atoms with Gasteiger partial charge >= 0.3 is 0 Å². The van der Waals surface area contributed by atoms with Gasteiger partial charge in [0.1, 0.15) is 0 Å². The third-order valence-electron chi connectivity index (χ3n) is 5.96. The maximum atomic E-state index is 13.7. The summed E-state index contributed by atoms with van der Waals surface area (Å²) >= 11 is 0. The highest BCUT2D eigenvalue weighted by Gasteiger charge is 2.45. The lowest BCUT2D eigenvalue weighted by Gasteiger charge is -2.38. The van der Waals surface area contributed by atoms with E-state index in [9.17, 15) is 9.59 Å². The van der Waals surface area contributed by atoms with Crippen LogP contribution >= 0.6 is 0 Å². The molecule has 0 aliphatic carbocycles. The van der Waals surface area contributed by atoms with Gasteiger partial charge in [-0.05, 0) is 63.1 Å². The van der Waals surface area contributed by atoms with Gasteiger partial charge in [0, 0.05) is 11.1 Å². The lowest BCUT2D eigenvalue weighted by molar-refractivity contribution is -0.113. The summed E-state index contributed by atoms with van der Waals surface area (Å²) < 4.78 is 1.45. The lowest BCUT2D eigenvalue weighted by Crippen LogP contribution is -2.48. The van der Waals surface area contributed by atoms with Crippen LogP contribution in [0.4, 0.5) is 5.69 Å². The number of amides is 1. The van der Waals surface area contributed by atoms with Crippen LogP contribution < -0.4 is 21.0 Å². The molecule has 3 aromatic rings. The molecule has 2 aromatic carbocycles. The van der Waals surface area contributed by atoms with Gasteiger partial charge < -0.3 is 0 Å². The van der Waals surface area contributed by atoms with E-state index in [1.54, 1.807) is 0 Å². The van der Waals surface area contributed by atoms with Crippen LogP contribution in [0.5, 0.6) is 0 Å². The van der Waals surface area contributed by atoms with Gasteiger partial charge in [-0.1, -0.05) is 30.9 Å². The number of aromatic nitrogens is 2. The Bertz CT molecular complexity index is 1440. The fourth-order valence-electron chi connectivity index (χ4n) is 4.80. The molecule has 2 aliphatic heterocycles. The first-order valence-corrected chi connectivity index (χ1v) is 10.00. The lowest BCUT2D eigenvalue weighted by atomic mass is 9.88. The summed E-state index contributed by atoms with van der Waals surface area (Å²) in [5.41, 5.74) is 5.28. The molecule has 0 spiro atoms. The average Bonchev–Trinajstić information content (AvgIpc) is 3.13. The fraction of sp³-hybridized carbons (Fsp3) is 0.200. The van der Waals surface area contributed by atoms with Crippen molar-refractivity contribution >= 4 is 29.3 Å². The number of nitrogens with zero attached hydrogens (tertiary/aromatic N) is 2. The molecule has 0 radical (unpaired) electrons. The number of rotatable bonds is 1. The second-order valence-corrected chi connectivity index (χ2v) is 8.65. The van der Waals surface area contributed by atoms with Crippen LogP contribution in [0.25, 0.3) is 23.4 Å². The van der Waals surface area contributed by atoms with E-state index in [1.165, 1.54) is 4.68 Å². The Labute approximate surface area is 174 Å². The van der Waals surface area contributed by atoms with Crippen molar-refractivity contribution in [3.05, 3.63) is 86.2 Å². The van der Waals surface area contributed by atoms with Crippen molar-refractivity contribution < 1.29 is 4.79 Å². The van der Waals surface area contributed by atoms with Gasteiger partial charge in [0.25, 0.3) is 11.5 Å². The molecule has 0 fully saturated rings. The summed E-state index contributed by atoms with van der Waals surface area (Å²) in [7, 11) is 0. The van der Waals surface area contributed by atoms with Gasteiger partial charge in [-0.2, -0.15) is 0 Å². The van der Waals surface area contributed by atoms with E-state index < -0.39 is 5.54 Å². The van der Waals surface area contributed by atoms with E-state index in [0.717, 1.165) is 28.0 Å². The van der Waals surface area contributed by atoms with Crippen LogP contribution in [0.3, 0.4) is 0 Å². The van der Waals surface area contributed by atoms with Gasteiger partial charge in [-0.15, -0.1) is 0 Å². The van der Waals surface area contributed by atoms with Crippen molar-refractivity contribution in [2.45, 2.75) is 33.2 Å². The molecule has 5 heteroatoms. The summed E-state index contributed by atoms with van der Waals surface area (Å²) in [4.78, 5) is 29.0. The highest BCUT2D eigenvalue weighted by molar-refractivity contribution is 6.34. The second-order valence-electron chi connectivity index (χ2n) is 8.65. The van der Waals surface area contributed by atoms with Crippen molar-refractivity contribution in [3.8, 4) is 5.69 Å². The van der Waals surface area contributed by atoms with Gasteiger partial charge in [-0.25, -0.2) is 4.68 Å². The Balaban J connectivity index is 1.92. The normalized spacial score (nSPS) is 18.5. The molecule has 30 heavy (non-hydrogen) atoms. The number of carbonyl (C=O) groups excluding carboxylic acids is 1. The second kappa shape index (κ2) is 5.95. The first-order chi connectivity index (χ1) is 14.2. The van der Waals surface area contributed by atoms with Crippen LogP contribution in [0.2, 0.25) is 0 Å². The maximum absolute atomic E-state index is 13.7. The van der Waals surface area contributed by atoms with Gasteiger partial charge in [-0.3, -0.25) is 19.6 Å². The first kappa shape index (κ1) is 18.4. The monoisotopic (exact) mass is 397 g/mol. The molecular formula is C25H23N3O2. The van der Waals surface area contributed by atoms with E-state index in [4.69, 9.17) is 0 Å². The van der Waals surface area contributed by atoms with Crippen LogP contribution in [0.15, 0.2) is 53.3 Å². The van der Waals surface area contributed by atoms with Gasteiger partial charge in [0.15, 0.2) is 0 Å². The molecule has 2 aliphatic rings. The highest BCUT2D eigenvalue weighted by atomic mass is 16.2. The van der Waals surface area contributed by atoms with Gasteiger partial charge in [0.05, 0.1) is 33.1 Å². The minimum absolute atomic E-state index is 0.160. The molecular weight excluding hydrogens is 374 g/mol. The molecule has 5 rings (SSSR count). The predicted molar refractivity (Wildman–Crippen MR) is 120 cm³/mol. The maximum Gasteiger partial charge on any atom is 0.279 e. The fourth-order valence-corrected chi connectivity index (χ4v) is 4.80. The largest absolute Gasteiger partial charge is 0.298 e. The van der Waals surface area contributed by atoms with E-state index >= 15 is 0 Å². The summed E-state index contributed by atoms with van der Waals surface area (Å²) in [5.74, 6) is -0.160. The van der Waals surface area contributed by atoms with Crippen LogP contribution in [-0.2, 0) is 4.79 Å². The molecule has 1 amide bonds. The van der Waals surface area contributed by atoms with Crippen molar-refractivity contribution in [1.29, 1.82) is 0 Å². The quantitative estimate of drug-likeness (QED) is 0.686. The highest BCUT2D eigenvalue weighted by Crippen LogP contribution is 2.48. The summed E-state index contributed by atoms with van der Waals surface area (Å²) in [5, 5.41) is 3.82. The molecule has 0 saturated carbocycles.